The molecule has 0 aliphatic heterocycles. The summed E-state index contributed by atoms with van der Waals surface area (Å²) >= 11 is 0. The first-order chi connectivity index (χ1) is 17.2. The highest BCUT2D eigenvalue weighted by Crippen LogP contribution is 2.22. The molecule has 1 aromatic carbocycles. The van der Waals surface area contributed by atoms with Crippen molar-refractivity contribution in [1.29, 1.82) is 0 Å². The van der Waals surface area contributed by atoms with Crippen LogP contribution in [0.1, 0.15) is 34.5 Å². The second-order valence-corrected chi connectivity index (χ2v) is 15.8. The second kappa shape index (κ2) is 11.0. The number of rotatable bonds is 10. The van der Waals surface area contributed by atoms with E-state index in [0.29, 0.717) is 35.1 Å². The van der Waals surface area contributed by atoms with Crippen LogP contribution in [0, 0.1) is 6.92 Å². The average molecular weight is 504 g/mol. The van der Waals surface area contributed by atoms with E-state index in [-0.39, 0.29) is 11.9 Å². The Morgan fingerprint density at radius 1 is 1.14 bits per heavy atom. The van der Waals surface area contributed by atoms with Gasteiger partial charge in [-0.15, -0.1) is 0 Å². The highest BCUT2D eigenvalue weighted by molar-refractivity contribution is 6.76. The second-order valence-electron chi connectivity index (χ2n) is 10.2. The molecule has 9 nitrogen and oxygen atoms in total. The molecule has 0 fully saturated rings. The van der Waals surface area contributed by atoms with Gasteiger partial charge in [0.1, 0.15) is 18.9 Å². The van der Waals surface area contributed by atoms with Crippen molar-refractivity contribution in [2.24, 2.45) is 0 Å². The summed E-state index contributed by atoms with van der Waals surface area (Å²) < 4.78 is 7.70. The van der Waals surface area contributed by atoms with Crippen LogP contribution in [0.15, 0.2) is 55.2 Å². The number of anilines is 2. The fourth-order valence-electron chi connectivity index (χ4n) is 3.62. The summed E-state index contributed by atoms with van der Waals surface area (Å²) in [6.07, 6.45) is 6.70. The SMILES string of the molecule is Cc1cncc(C(=O)Nc2cccc(C(C)Nc3cnc4c(ncn4COCC[Si](C)(C)C)n3)c2)c1. The van der Waals surface area contributed by atoms with Gasteiger partial charge in [0.05, 0.1) is 17.8 Å². The third-order valence-corrected chi connectivity index (χ3v) is 7.40. The lowest BCUT2D eigenvalue weighted by molar-refractivity contribution is 0.0895. The maximum atomic E-state index is 12.6. The van der Waals surface area contributed by atoms with Gasteiger partial charge >= 0.3 is 0 Å². The van der Waals surface area contributed by atoms with E-state index in [1.54, 1.807) is 24.9 Å². The van der Waals surface area contributed by atoms with E-state index in [1.165, 1.54) is 0 Å². The van der Waals surface area contributed by atoms with E-state index in [9.17, 15) is 4.79 Å². The van der Waals surface area contributed by atoms with Crippen LogP contribution in [0.4, 0.5) is 11.5 Å². The Bertz CT molecular complexity index is 1350. The average Bonchev–Trinajstić information content (AvgIpc) is 3.23. The third kappa shape index (κ3) is 6.73. The molecule has 0 spiro atoms. The van der Waals surface area contributed by atoms with Crippen molar-refractivity contribution in [3.05, 3.63) is 71.9 Å². The van der Waals surface area contributed by atoms with Crippen LogP contribution in [0.5, 0.6) is 0 Å². The Morgan fingerprint density at radius 3 is 2.75 bits per heavy atom. The summed E-state index contributed by atoms with van der Waals surface area (Å²) in [5, 5.41) is 6.32. The Balaban J connectivity index is 1.38. The molecule has 1 unspecified atom stereocenters. The molecule has 188 valence electrons. The minimum Gasteiger partial charge on any atom is -0.362 e. The summed E-state index contributed by atoms with van der Waals surface area (Å²) in [4.78, 5) is 30.2. The molecule has 0 aliphatic carbocycles. The standard InChI is InChI=1S/C26H33N7O2Si/c1-18-11-21(14-27-13-18)26(34)31-22-8-6-7-20(12-22)19(2)30-23-15-28-25-24(32-23)29-16-33(25)17-35-9-10-36(3,4)5/h6-8,11-16,19H,9-10,17H2,1-5H3,(H,30,32)(H,31,34). The normalized spacial score (nSPS) is 12.5. The van der Waals surface area contributed by atoms with Crippen molar-refractivity contribution in [1.82, 2.24) is 24.5 Å². The van der Waals surface area contributed by atoms with Crippen molar-refractivity contribution in [3.8, 4) is 0 Å². The number of carbonyl (C=O) groups is 1. The third-order valence-electron chi connectivity index (χ3n) is 5.70. The number of amides is 1. The van der Waals surface area contributed by atoms with Crippen LogP contribution in [-0.4, -0.2) is 45.1 Å². The summed E-state index contributed by atoms with van der Waals surface area (Å²) in [6, 6.07) is 10.6. The molecule has 2 N–H and O–H groups in total. The zero-order valence-electron chi connectivity index (χ0n) is 21.4. The first-order valence-corrected chi connectivity index (χ1v) is 15.7. The van der Waals surface area contributed by atoms with E-state index in [2.05, 4.69) is 50.2 Å². The molecule has 4 rings (SSSR count). The van der Waals surface area contributed by atoms with E-state index < -0.39 is 8.07 Å². The Labute approximate surface area is 212 Å². The Morgan fingerprint density at radius 2 is 1.97 bits per heavy atom. The van der Waals surface area contributed by atoms with Gasteiger partial charge in [-0.3, -0.25) is 14.3 Å². The zero-order chi connectivity index (χ0) is 25.7. The van der Waals surface area contributed by atoms with E-state index in [4.69, 9.17) is 4.74 Å². The molecule has 3 heterocycles. The zero-order valence-corrected chi connectivity index (χ0v) is 22.4. The molecule has 0 bridgehead atoms. The van der Waals surface area contributed by atoms with E-state index in [0.717, 1.165) is 23.8 Å². The predicted molar refractivity (Wildman–Crippen MR) is 145 cm³/mol. The quantitative estimate of drug-likeness (QED) is 0.224. The molecule has 1 atom stereocenters. The van der Waals surface area contributed by atoms with E-state index >= 15 is 0 Å². The highest BCUT2D eigenvalue weighted by atomic mass is 28.3. The topological polar surface area (TPSA) is 107 Å². The fraction of sp³-hybridized carbons (Fsp3) is 0.346. The number of ether oxygens (including phenoxy) is 1. The minimum absolute atomic E-state index is 0.0683. The van der Waals surface area contributed by atoms with Crippen molar-refractivity contribution >= 4 is 36.8 Å². The molecule has 36 heavy (non-hydrogen) atoms. The number of pyridine rings is 1. The number of nitrogens with one attached hydrogen (secondary N) is 2. The molecule has 0 aliphatic rings. The Kier molecular flexibility index (Phi) is 7.75. The largest absolute Gasteiger partial charge is 0.362 e. The van der Waals surface area contributed by atoms with Crippen LogP contribution in [0.2, 0.25) is 25.7 Å². The summed E-state index contributed by atoms with van der Waals surface area (Å²) in [5.74, 6) is 0.431. The lowest BCUT2D eigenvalue weighted by Crippen LogP contribution is -2.22. The lowest BCUT2D eigenvalue weighted by Gasteiger charge is -2.16. The number of imidazole rings is 1. The number of aryl methyl sites for hydroxylation is 1. The number of aromatic nitrogens is 5. The lowest BCUT2D eigenvalue weighted by atomic mass is 10.1. The van der Waals surface area contributed by atoms with Crippen LogP contribution in [0.25, 0.3) is 11.3 Å². The molecule has 4 aromatic rings. The van der Waals surface area contributed by atoms with Crippen LogP contribution < -0.4 is 10.6 Å². The number of hydrogen-bond acceptors (Lipinski definition) is 7. The predicted octanol–water partition coefficient (Wildman–Crippen LogP) is 5.27. The van der Waals surface area contributed by atoms with Gasteiger partial charge in [-0.1, -0.05) is 31.8 Å². The molecule has 10 heteroatoms. The van der Waals surface area contributed by atoms with Gasteiger partial charge in [0.2, 0.25) is 0 Å². The Hall–Kier alpha value is -3.63. The molecular formula is C26H33N7O2Si. The van der Waals surface area contributed by atoms with Crippen molar-refractivity contribution in [2.45, 2.75) is 52.3 Å². The van der Waals surface area contributed by atoms with Crippen LogP contribution in [0.3, 0.4) is 0 Å². The van der Waals surface area contributed by atoms with Crippen molar-refractivity contribution in [3.63, 3.8) is 0 Å². The van der Waals surface area contributed by atoms with E-state index in [1.807, 2.05) is 48.7 Å². The van der Waals surface area contributed by atoms with Crippen LogP contribution >= 0.6 is 0 Å². The molecular weight excluding hydrogens is 470 g/mol. The monoisotopic (exact) mass is 503 g/mol. The molecule has 0 saturated carbocycles. The molecule has 1 amide bonds. The number of carbonyl (C=O) groups excluding carboxylic acids is 1. The van der Waals surface area contributed by atoms with Gasteiger partial charge < -0.3 is 15.4 Å². The van der Waals surface area contributed by atoms with Gasteiger partial charge in [0, 0.05) is 32.8 Å². The van der Waals surface area contributed by atoms with Gasteiger partial charge in [-0.2, -0.15) is 0 Å². The highest BCUT2D eigenvalue weighted by Gasteiger charge is 2.14. The maximum absolute atomic E-state index is 12.6. The van der Waals surface area contributed by atoms with Gasteiger partial charge in [-0.25, -0.2) is 15.0 Å². The number of hydrogen-bond donors (Lipinski definition) is 2. The maximum Gasteiger partial charge on any atom is 0.257 e. The minimum atomic E-state index is -1.12. The summed E-state index contributed by atoms with van der Waals surface area (Å²) in [5.41, 5.74) is 4.42. The van der Waals surface area contributed by atoms with Crippen LogP contribution in [-0.2, 0) is 11.5 Å². The van der Waals surface area contributed by atoms with Gasteiger partial charge in [-0.05, 0) is 49.2 Å². The van der Waals surface area contributed by atoms with Gasteiger partial charge in [0.15, 0.2) is 11.3 Å². The first-order valence-electron chi connectivity index (χ1n) is 12.0. The van der Waals surface area contributed by atoms with Crippen molar-refractivity contribution < 1.29 is 9.53 Å². The molecule has 0 saturated heterocycles. The number of benzene rings is 1. The van der Waals surface area contributed by atoms with Gasteiger partial charge in [0.25, 0.3) is 5.91 Å². The number of fused-ring (bicyclic) bond motifs is 1. The molecule has 3 aromatic heterocycles. The fourth-order valence-corrected chi connectivity index (χ4v) is 4.38. The van der Waals surface area contributed by atoms with Crippen molar-refractivity contribution in [2.75, 3.05) is 17.2 Å². The molecule has 0 radical (unpaired) electrons. The smallest absolute Gasteiger partial charge is 0.257 e. The summed E-state index contributed by atoms with van der Waals surface area (Å²) in [7, 11) is -1.12. The first kappa shape index (κ1) is 25.5. The summed E-state index contributed by atoms with van der Waals surface area (Å²) in [6.45, 7) is 12.1. The number of nitrogens with zero attached hydrogens (tertiary/aromatic N) is 5.